The number of thiophene rings is 1. The Morgan fingerprint density at radius 2 is 2.20 bits per heavy atom. The first-order chi connectivity index (χ1) is 9.50. The molecule has 0 aliphatic heterocycles. The molecule has 0 aromatic carbocycles. The zero-order valence-electron chi connectivity index (χ0n) is 12.0. The molecule has 1 aromatic heterocycles. The number of amides is 2. The minimum absolute atomic E-state index is 0.0607. The molecule has 0 aliphatic rings. The van der Waals surface area contributed by atoms with Crippen LogP contribution < -0.4 is 5.32 Å². The second-order valence-electron chi connectivity index (χ2n) is 4.85. The molecular weight excluding hydrogens is 276 g/mol. The minimum Gasteiger partial charge on any atom is -0.481 e. The van der Waals surface area contributed by atoms with Gasteiger partial charge in [-0.1, -0.05) is 6.07 Å². The van der Waals surface area contributed by atoms with Gasteiger partial charge in [-0.25, -0.2) is 4.79 Å². The average Bonchev–Trinajstić information content (AvgIpc) is 2.86. The lowest BCUT2D eigenvalue weighted by Crippen LogP contribution is -2.45. The number of hydrogen-bond acceptors (Lipinski definition) is 3. The van der Waals surface area contributed by atoms with Gasteiger partial charge in [0, 0.05) is 30.4 Å². The second-order valence-corrected chi connectivity index (χ2v) is 5.88. The van der Waals surface area contributed by atoms with E-state index in [-0.39, 0.29) is 18.5 Å². The van der Waals surface area contributed by atoms with Crippen molar-refractivity contribution >= 4 is 23.3 Å². The molecule has 0 bridgehead atoms. The summed E-state index contributed by atoms with van der Waals surface area (Å²) >= 11 is 1.68. The van der Waals surface area contributed by atoms with Crippen molar-refractivity contribution in [2.24, 2.45) is 0 Å². The Morgan fingerprint density at radius 3 is 2.75 bits per heavy atom. The van der Waals surface area contributed by atoms with Gasteiger partial charge in [-0.05, 0) is 38.1 Å². The monoisotopic (exact) mass is 298 g/mol. The number of carboxylic acid groups (broad SMARTS) is 1. The van der Waals surface area contributed by atoms with Crippen LogP contribution in [0.4, 0.5) is 4.79 Å². The van der Waals surface area contributed by atoms with Crippen molar-refractivity contribution in [3.63, 3.8) is 0 Å². The number of carbonyl (C=O) groups excluding carboxylic acids is 1. The van der Waals surface area contributed by atoms with Crippen molar-refractivity contribution in [3.05, 3.63) is 22.4 Å². The van der Waals surface area contributed by atoms with E-state index >= 15 is 0 Å². The Labute approximate surface area is 123 Å². The van der Waals surface area contributed by atoms with E-state index in [2.05, 4.69) is 5.32 Å². The fourth-order valence-corrected chi connectivity index (χ4v) is 2.55. The van der Waals surface area contributed by atoms with Crippen LogP contribution in [0.3, 0.4) is 0 Å². The lowest BCUT2D eigenvalue weighted by atomic mass is 10.2. The predicted molar refractivity (Wildman–Crippen MR) is 80.1 cm³/mol. The van der Waals surface area contributed by atoms with Crippen molar-refractivity contribution in [2.45, 2.75) is 39.2 Å². The molecule has 1 aromatic rings. The number of nitrogens with zero attached hydrogens (tertiary/aromatic N) is 1. The van der Waals surface area contributed by atoms with E-state index in [0.717, 1.165) is 6.42 Å². The molecule has 1 rings (SSSR count). The van der Waals surface area contributed by atoms with Gasteiger partial charge in [0.25, 0.3) is 0 Å². The summed E-state index contributed by atoms with van der Waals surface area (Å²) < 4.78 is 0. The van der Waals surface area contributed by atoms with Gasteiger partial charge in [0.2, 0.25) is 0 Å². The summed E-state index contributed by atoms with van der Waals surface area (Å²) in [6.45, 7) is 4.93. The molecule has 0 fully saturated rings. The smallest absolute Gasteiger partial charge is 0.317 e. The first-order valence-corrected chi connectivity index (χ1v) is 7.67. The molecule has 2 N–H and O–H groups in total. The summed E-state index contributed by atoms with van der Waals surface area (Å²) in [7, 11) is 0. The minimum atomic E-state index is -0.827. The number of aliphatic carboxylic acids is 1. The van der Waals surface area contributed by atoms with E-state index in [1.54, 1.807) is 16.2 Å². The van der Waals surface area contributed by atoms with E-state index in [1.807, 2.05) is 31.4 Å². The third-order valence-electron chi connectivity index (χ3n) is 2.90. The van der Waals surface area contributed by atoms with Crippen LogP contribution in [0, 0.1) is 0 Å². The number of urea groups is 1. The van der Waals surface area contributed by atoms with Gasteiger partial charge in [0.15, 0.2) is 0 Å². The Bertz CT molecular complexity index is 418. The Morgan fingerprint density at radius 1 is 1.45 bits per heavy atom. The van der Waals surface area contributed by atoms with E-state index in [1.165, 1.54) is 4.88 Å². The van der Waals surface area contributed by atoms with Crippen molar-refractivity contribution in [1.29, 1.82) is 0 Å². The fourth-order valence-electron chi connectivity index (χ4n) is 1.84. The molecule has 0 aliphatic carbocycles. The lowest BCUT2D eigenvalue weighted by molar-refractivity contribution is -0.137. The molecule has 0 spiro atoms. The Hall–Kier alpha value is -1.56. The molecule has 0 unspecified atom stereocenters. The normalized spacial score (nSPS) is 10.6. The molecule has 5 nitrogen and oxygen atoms in total. The maximum Gasteiger partial charge on any atom is 0.317 e. The molecular formula is C14H22N2O3S. The predicted octanol–water partition coefficient (Wildman–Crippen LogP) is 2.58. The molecule has 0 saturated heterocycles. The second kappa shape index (κ2) is 8.58. The van der Waals surface area contributed by atoms with E-state index in [9.17, 15) is 9.59 Å². The highest BCUT2D eigenvalue weighted by Gasteiger charge is 2.16. The first-order valence-electron chi connectivity index (χ1n) is 6.79. The molecule has 0 radical (unpaired) electrons. The lowest BCUT2D eigenvalue weighted by Gasteiger charge is -2.26. The van der Waals surface area contributed by atoms with E-state index in [4.69, 9.17) is 5.11 Å². The highest BCUT2D eigenvalue weighted by Crippen LogP contribution is 2.08. The summed E-state index contributed by atoms with van der Waals surface area (Å²) in [5, 5.41) is 13.5. The van der Waals surface area contributed by atoms with Crippen molar-refractivity contribution in [3.8, 4) is 0 Å². The summed E-state index contributed by atoms with van der Waals surface area (Å²) in [5.41, 5.74) is 0. The van der Waals surface area contributed by atoms with Crippen LogP contribution in [-0.4, -0.2) is 41.1 Å². The largest absolute Gasteiger partial charge is 0.481 e. The van der Waals surface area contributed by atoms with Crippen LogP contribution in [-0.2, 0) is 11.2 Å². The zero-order chi connectivity index (χ0) is 15.0. The standard InChI is InChI=1S/C14H22N2O3S/c1-11(2)16(9-3-6-13(17)18)14(19)15-8-7-12-5-4-10-20-12/h4-5,10-11H,3,6-9H2,1-2H3,(H,15,19)(H,17,18). The number of nitrogens with one attached hydrogen (secondary N) is 1. The van der Waals surface area contributed by atoms with Crippen LogP contribution in [0.5, 0.6) is 0 Å². The van der Waals surface area contributed by atoms with Crippen LogP contribution in [0.25, 0.3) is 0 Å². The summed E-state index contributed by atoms with van der Waals surface area (Å²) in [6.07, 6.45) is 1.39. The van der Waals surface area contributed by atoms with Gasteiger partial charge in [0.05, 0.1) is 0 Å². The molecule has 20 heavy (non-hydrogen) atoms. The Balaban J connectivity index is 2.33. The number of carboxylic acids is 1. The summed E-state index contributed by atoms with van der Waals surface area (Å²) in [5.74, 6) is -0.827. The van der Waals surface area contributed by atoms with Crippen molar-refractivity contribution in [1.82, 2.24) is 10.2 Å². The highest BCUT2D eigenvalue weighted by atomic mass is 32.1. The SMILES string of the molecule is CC(C)N(CCCC(=O)O)C(=O)NCCc1cccs1. The van der Waals surface area contributed by atoms with E-state index in [0.29, 0.717) is 19.5 Å². The topological polar surface area (TPSA) is 69.6 Å². The third kappa shape index (κ3) is 6.06. The first kappa shape index (κ1) is 16.5. The zero-order valence-corrected chi connectivity index (χ0v) is 12.8. The maximum absolute atomic E-state index is 12.1. The number of rotatable bonds is 8. The van der Waals surface area contributed by atoms with Crippen LogP contribution in [0.1, 0.15) is 31.6 Å². The number of carbonyl (C=O) groups is 2. The number of hydrogen-bond donors (Lipinski definition) is 2. The van der Waals surface area contributed by atoms with Gasteiger partial charge in [0.1, 0.15) is 0 Å². The third-order valence-corrected chi connectivity index (χ3v) is 3.84. The van der Waals surface area contributed by atoms with Crippen molar-refractivity contribution < 1.29 is 14.7 Å². The Kier molecular flexibility index (Phi) is 7.08. The van der Waals surface area contributed by atoms with Gasteiger partial charge in [-0.3, -0.25) is 4.79 Å². The van der Waals surface area contributed by atoms with Crippen LogP contribution in [0.15, 0.2) is 17.5 Å². The summed E-state index contributed by atoms with van der Waals surface area (Å²) in [4.78, 5) is 25.5. The average molecular weight is 298 g/mol. The molecule has 0 atom stereocenters. The highest BCUT2D eigenvalue weighted by molar-refractivity contribution is 7.09. The van der Waals surface area contributed by atoms with Crippen molar-refractivity contribution in [2.75, 3.05) is 13.1 Å². The molecule has 0 saturated carbocycles. The fraction of sp³-hybridized carbons (Fsp3) is 0.571. The van der Waals surface area contributed by atoms with Crippen LogP contribution in [0.2, 0.25) is 0 Å². The van der Waals surface area contributed by atoms with E-state index < -0.39 is 5.97 Å². The molecule has 1 heterocycles. The van der Waals surface area contributed by atoms with Gasteiger partial charge in [-0.2, -0.15) is 0 Å². The molecule has 2 amide bonds. The summed E-state index contributed by atoms with van der Waals surface area (Å²) in [6, 6.07) is 3.98. The van der Waals surface area contributed by atoms with Crippen LogP contribution >= 0.6 is 11.3 Å². The van der Waals surface area contributed by atoms with Gasteiger partial charge < -0.3 is 15.3 Å². The quantitative estimate of drug-likeness (QED) is 0.775. The maximum atomic E-state index is 12.1. The molecule has 112 valence electrons. The van der Waals surface area contributed by atoms with Gasteiger partial charge in [-0.15, -0.1) is 11.3 Å². The van der Waals surface area contributed by atoms with Gasteiger partial charge >= 0.3 is 12.0 Å². The molecule has 6 heteroatoms.